The van der Waals surface area contributed by atoms with Crippen LogP contribution in [-0.2, 0) is 11.3 Å². The molecule has 2 aromatic heterocycles. The summed E-state index contributed by atoms with van der Waals surface area (Å²) in [6, 6.07) is 2.55. The lowest BCUT2D eigenvalue weighted by Crippen LogP contribution is -2.43. The second kappa shape index (κ2) is 11.5. The zero-order valence-corrected chi connectivity index (χ0v) is 19.4. The Hall–Kier alpha value is -1.48. The minimum Gasteiger partial charge on any atom is -0.375 e. The summed E-state index contributed by atoms with van der Waals surface area (Å²) in [5.74, 6) is 0.877. The number of hydrogen-bond acceptors (Lipinski definition) is 6. The van der Waals surface area contributed by atoms with Gasteiger partial charge in [-0.3, -0.25) is 9.89 Å². The van der Waals surface area contributed by atoms with Crippen LogP contribution in [0.25, 0.3) is 0 Å². The maximum Gasteiger partial charge on any atom is 0.193 e. The molecule has 0 aromatic carbocycles. The molecule has 2 rings (SSSR count). The molecule has 2 unspecified atom stereocenters. The SMILES string of the molecule is CCN(CC)C(CNC(=NC)N(C)Cc1csc(C(C)OC)n1)c1ccsc1. The molecule has 6 nitrogen and oxygen atoms in total. The van der Waals surface area contributed by atoms with Crippen molar-refractivity contribution in [2.24, 2.45) is 4.99 Å². The van der Waals surface area contributed by atoms with Gasteiger partial charge in [0.1, 0.15) is 11.1 Å². The Bertz CT molecular complexity index is 712. The van der Waals surface area contributed by atoms with Crippen molar-refractivity contribution >= 4 is 28.6 Å². The molecule has 0 aliphatic carbocycles. The number of nitrogens with one attached hydrogen (secondary N) is 1. The van der Waals surface area contributed by atoms with Crippen molar-refractivity contribution in [2.75, 3.05) is 40.8 Å². The highest BCUT2D eigenvalue weighted by atomic mass is 32.1. The minimum atomic E-state index is 0.0296. The number of hydrogen-bond donors (Lipinski definition) is 1. The number of guanidine groups is 1. The Morgan fingerprint density at radius 2 is 2.07 bits per heavy atom. The molecule has 2 atom stereocenters. The standard InChI is InChI=1S/C20H33N5OS2/c1-7-25(8-2)18(16-9-10-27-13-16)11-22-20(21-4)24(5)12-17-14-28-19(23-17)15(3)26-6/h9-10,13-15,18H,7-8,11-12H2,1-6H3,(H,21,22). The molecule has 0 spiro atoms. The Morgan fingerprint density at radius 1 is 1.32 bits per heavy atom. The van der Waals surface area contributed by atoms with Gasteiger partial charge in [-0.1, -0.05) is 13.8 Å². The summed E-state index contributed by atoms with van der Waals surface area (Å²) in [7, 11) is 5.59. The Kier molecular flexibility index (Phi) is 9.37. The molecule has 156 valence electrons. The summed E-state index contributed by atoms with van der Waals surface area (Å²) in [6.07, 6.45) is 0.0296. The first-order valence-corrected chi connectivity index (χ1v) is 11.5. The summed E-state index contributed by atoms with van der Waals surface area (Å²) < 4.78 is 5.36. The molecule has 0 radical (unpaired) electrons. The maximum absolute atomic E-state index is 5.36. The average Bonchev–Trinajstić information content (AvgIpc) is 3.39. The highest BCUT2D eigenvalue weighted by Gasteiger charge is 2.20. The van der Waals surface area contributed by atoms with Crippen molar-refractivity contribution in [3.63, 3.8) is 0 Å². The van der Waals surface area contributed by atoms with Gasteiger partial charge in [-0.05, 0) is 42.4 Å². The van der Waals surface area contributed by atoms with Crippen molar-refractivity contribution in [1.82, 2.24) is 20.1 Å². The summed E-state index contributed by atoms with van der Waals surface area (Å²) in [5.41, 5.74) is 2.39. The highest BCUT2D eigenvalue weighted by Crippen LogP contribution is 2.23. The summed E-state index contributed by atoms with van der Waals surface area (Å²) in [5, 5.41) is 11.0. The lowest BCUT2D eigenvalue weighted by molar-refractivity contribution is 0.119. The monoisotopic (exact) mass is 423 g/mol. The van der Waals surface area contributed by atoms with Gasteiger partial charge in [0.2, 0.25) is 0 Å². The molecule has 0 saturated carbocycles. The molecule has 2 heterocycles. The molecular formula is C20H33N5OS2. The van der Waals surface area contributed by atoms with E-state index in [1.165, 1.54) is 5.56 Å². The van der Waals surface area contributed by atoms with Crippen molar-refractivity contribution in [1.29, 1.82) is 0 Å². The van der Waals surface area contributed by atoms with Gasteiger partial charge in [0.15, 0.2) is 5.96 Å². The van der Waals surface area contributed by atoms with Crippen LogP contribution >= 0.6 is 22.7 Å². The summed E-state index contributed by atoms with van der Waals surface area (Å²) in [4.78, 5) is 13.8. The molecule has 2 aromatic rings. The number of aliphatic imine (C=N–C) groups is 1. The Labute approximate surface area is 177 Å². The number of methoxy groups -OCH3 is 1. The van der Waals surface area contributed by atoms with Crippen LogP contribution in [0, 0.1) is 0 Å². The number of ether oxygens (including phenoxy) is 1. The molecule has 0 bridgehead atoms. The summed E-state index contributed by atoms with van der Waals surface area (Å²) in [6.45, 7) is 10.0. The molecule has 0 saturated heterocycles. The van der Waals surface area contributed by atoms with Crippen molar-refractivity contribution in [3.8, 4) is 0 Å². The smallest absolute Gasteiger partial charge is 0.193 e. The van der Waals surface area contributed by atoms with E-state index in [-0.39, 0.29) is 6.10 Å². The highest BCUT2D eigenvalue weighted by molar-refractivity contribution is 7.09. The van der Waals surface area contributed by atoms with E-state index in [4.69, 9.17) is 9.72 Å². The Balaban J connectivity index is 2.00. The number of rotatable bonds is 10. The van der Waals surface area contributed by atoms with Crippen LogP contribution in [0.2, 0.25) is 0 Å². The van der Waals surface area contributed by atoms with Crippen LogP contribution in [-0.4, -0.2) is 61.6 Å². The number of thiophene rings is 1. The van der Waals surface area contributed by atoms with E-state index < -0.39 is 0 Å². The van der Waals surface area contributed by atoms with Crippen LogP contribution in [0.5, 0.6) is 0 Å². The Morgan fingerprint density at radius 3 is 2.64 bits per heavy atom. The van der Waals surface area contributed by atoms with Gasteiger partial charge in [-0.25, -0.2) is 4.98 Å². The third-order valence-corrected chi connectivity index (χ3v) is 6.63. The first-order valence-electron chi connectivity index (χ1n) is 9.68. The molecule has 0 aliphatic heterocycles. The first kappa shape index (κ1) is 22.8. The van der Waals surface area contributed by atoms with Gasteiger partial charge in [-0.15, -0.1) is 11.3 Å². The molecule has 1 N–H and O–H groups in total. The van der Waals surface area contributed by atoms with Crippen LogP contribution in [0.1, 0.15) is 49.2 Å². The third-order valence-electron chi connectivity index (χ3n) is 4.88. The molecule has 0 fully saturated rings. The van der Waals surface area contributed by atoms with E-state index in [0.29, 0.717) is 12.6 Å². The van der Waals surface area contributed by atoms with Gasteiger partial charge in [-0.2, -0.15) is 11.3 Å². The maximum atomic E-state index is 5.36. The zero-order valence-electron chi connectivity index (χ0n) is 17.8. The number of nitrogens with zero attached hydrogens (tertiary/aromatic N) is 4. The largest absolute Gasteiger partial charge is 0.375 e. The van der Waals surface area contributed by atoms with Gasteiger partial charge in [0.25, 0.3) is 0 Å². The van der Waals surface area contributed by atoms with E-state index in [0.717, 1.165) is 36.3 Å². The van der Waals surface area contributed by atoms with E-state index in [1.54, 1.807) is 29.8 Å². The van der Waals surface area contributed by atoms with E-state index in [1.807, 2.05) is 21.0 Å². The van der Waals surface area contributed by atoms with Gasteiger partial charge in [0.05, 0.1) is 18.3 Å². The van der Waals surface area contributed by atoms with Gasteiger partial charge < -0.3 is 15.0 Å². The minimum absolute atomic E-state index is 0.0296. The third kappa shape index (κ3) is 6.01. The fraction of sp³-hybridized carbons (Fsp3) is 0.600. The topological polar surface area (TPSA) is 53.0 Å². The van der Waals surface area contributed by atoms with Crippen LogP contribution in [0.3, 0.4) is 0 Å². The molecular weight excluding hydrogens is 390 g/mol. The fourth-order valence-electron chi connectivity index (χ4n) is 3.16. The van der Waals surface area contributed by atoms with Crippen LogP contribution < -0.4 is 5.32 Å². The predicted octanol–water partition coefficient (Wildman–Crippen LogP) is 4.00. The molecule has 0 aliphatic rings. The first-order chi connectivity index (χ1) is 13.5. The van der Waals surface area contributed by atoms with Gasteiger partial charge >= 0.3 is 0 Å². The molecule has 8 heteroatoms. The quantitative estimate of drug-likeness (QED) is 0.462. The number of aromatic nitrogens is 1. The van der Waals surface area contributed by atoms with Crippen LogP contribution in [0.4, 0.5) is 0 Å². The lowest BCUT2D eigenvalue weighted by atomic mass is 10.1. The van der Waals surface area contributed by atoms with Crippen molar-refractivity contribution < 1.29 is 4.74 Å². The average molecular weight is 424 g/mol. The molecule has 28 heavy (non-hydrogen) atoms. The lowest BCUT2D eigenvalue weighted by Gasteiger charge is -2.31. The van der Waals surface area contributed by atoms with E-state index >= 15 is 0 Å². The van der Waals surface area contributed by atoms with Crippen LogP contribution in [0.15, 0.2) is 27.2 Å². The zero-order chi connectivity index (χ0) is 20.5. The van der Waals surface area contributed by atoms with E-state index in [2.05, 4.69) is 56.2 Å². The normalized spacial score (nSPS) is 14.3. The summed E-state index contributed by atoms with van der Waals surface area (Å²) >= 11 is 3.39. The second-order valence-electron chi connectivity index (χ2n) is 6.63. The number of thiazole rings is 1. The fourth-order valence-corrected chi connectivity index (χ4v) is 4.71. The van der Waals surface area contributed by atoms with E-state index in [9.17, 15) is 0 Å². The molecule has 0 amide bonds. The number of likely N-dealkylation sites (N-methyl/N-ethyl adjacent to an activating group) is 1. The van der Waals surface area contributed by atoms with Crippen molar-refractivity contribution in [3.05, 3.63) is 38.5 Å². The van der Waals surface area contributed by atoms with Crippen molar-refractivity contribution in [2.45, 2.75) is 39.5 Å². The second-order valence-corrected chi connectivity index (χ2v) is 8.30. The van der Waals surface area contributed by atoms with Gasteiger partial charge in [0, 0.05) is 33.1 Å². The predicted molar refractivity (Wildman–Crippen MR) is 120 cm³/mol.